The summed E-state index contributed by atoms with van der Waals surface area (Å²) in [5.41, 5.74) is 13.9. The molecule has 1 aromatic heterocycles. The highest BCUT2D eigenvalue weighted by Crippen LogP contribution is 2.21. The van der Waals surface area contributed by atoms with Gasteiger partial charge in [-0.05, 0) is 35.9 Å². The normalized spacial score (nSPS) is 14.6. The summed E-state index contributed by atoms with van der Waals surface area (Å²) in [5.74, 6) is 0.173. The molecule has 4 rings (SSSR count). The van der Waals surface area contributed by atoms with E-state index in [9.17, 15) is 13.2 Å². The molecule has 0 saturated carbocycles. The van der Waals surface area contributed by atoms with Gasteiger partial charge < -0.3 is 16.4 Å². The summed E-state index contributed by atoms with van der Waals surface area (Å²) in [6, 6.07) is 15.4. The number of benzene rings is 2. The maximum absolute atomic E-state index is 12.9. The fraction of sp³-hybridized carbons (Fsp3) is 0.174. The van der Waals surface area contributed by atoms with Gasteiger partial charge in [0.15, 0.2) is 0 Å². The number of sulfonamides is 1. The number of carbonyl (C=O) groups excluding carboxylic acids is 1. The number of hydrogen-bond donors (Lipinski definition) is 2. The van der Waals surface area contributed by atoms with Crippen LogP contribution < -0.4 is 11.5 Å². The first-order chi connectivity index (χ1) is 16.2. The number of nitrogen functional groups attached to an aromatic ring is 2. The van der Waals surface area contributed by atoms with Crippen LogP contribution in [0.1, 0.15) is 15.9 Å². The number of hydrogen-bond acceptors (Lipinski definition) is 7. The number of carbonyl (C=O) groups is 1. The monoisotopic (exact) mass is 534 g/mol. The summed E-state index contributed by atoms with van der Waals surface area (Å²) in [6.45, 7) is 1.04. The molecule has 4 N–H and O–H groups in total. The second-order valence-corrected chi connectivity index (χ2v) is 9.96. The Balaban J connectivity index is 0.00000342. The van der Waals surface area contributed by atoms with E-state index in [1.807, 2.05) is 0 Å². The molecule has 0 radical (unpaired) electrons. The SMILES string of the molecule is Cl.Nc1cc(-c2ccc(C(=O)N3CCN(S(=O)(=O)/C=C/c4ccc(Cl)cc4)CC3)cc2)nc(N)n1. The maximum Gasteiger partial charge on any atom is 0.253 e. The molecule has 0 spiro atoms. The fourth-order valence-corrected chi connectivity index (χ4v) is 4.87. The van der Waals surface area contributed by atoms with Crippen LogP contribution in [0.4, 0.5) is 11.8 Å². The summed E-state index contributed by atoms with van der Waals surface area (Å²) in [6.07, 6.45) is 1.53. The zero-order valence-electron chi connectivity index (χ0n) is 18.5. The van der Waals surface area contributed by atoms with E-state index in [0.717, 1.165) is 11.1 Å². The van der Waals surface area contributed by atoms with Gasteiger partial charge in [-0.1, -0.05) is 35.9 Å². The third kappa shape index (κ3) is 6.49. The Labute approximate surface area is 214 Å². The van der Waals surface area contributed by atoms with Gasteiger partial charge in [-0.2, -0.15) is 9.29 Å². The van der Waals surface area contributed by atoms with Crippen molar-refractivity contribution in [2.24, 2.45) is 0 Å². The minimum Gasteiger partial charge on any atom is -0.384 e. The molecule has 0 unspecified atom stereocenters. The Bertz CT molecular complexity index is 1300. The summed E-state index contributed by atoms with van der Waals surface area (Å²) in [4.78, 5) is 22.6. The Morgan fingerprint density at radius 2 is 1.57 bits per heavy atom. The first-order valence-corrected chi connectivity index (χ1v) is 12.3. The predicted octanol–water partition coefficient (Wildman–Crippen LogP) is 3.14. The van der Waals surface area contributed by atoms with E-state index in [1.54, 1.807) is 59.5 Å². The Hall–Kier alpha value is -3.18. The molecule has 0 bridgehead atoms. The van der Waals surface area contributed by atoms with Gasteiger partial charge in [-0.25, -0.2) is 13.4 Å². The third-order valence-electron chi connectivity index (χ3n) is 5.38. The van der Waals surface area contributed by atoms with Gasteiger partial charge in [-0.15, -0.1) is 12.4 Å². The van der Waals surface area contributed by atoms with Gasteiger partial charge in [0.05, 0.1) is 5.69 Å². The summed E-state index contributed by atoms with van der Waals surface area (Å²) in [5, 5.41) is 1.76. The average molecular weight is 535 g/mol. The smallest absolute Gasteiger partial charge is 0.253 e. The van der Waals surface area contributed by atoms with Crippen molar-refractivity contribution >= 4 is 57.8 Å². The summed E-state index contributed by atoms with van der Waals surface area (Å²) < 4.78 is 26.7. The highest BCUT2D eigenvalue weighted by atomic mass is 35.5. The van der Waals surface area contributed by atoms with Crippen LogP contribution in [-0.2, 0) is 10.0 Å². The van der Waals surface area contributed by atoms with Crippen LogP contribution in [0.2, 0.25) is 5.02 Å². The maximum atomic E-state index is 12.9. The van der Waals surface area contributed by atoms with Crippen molar-refractivity contribution in [3.05, 3.63) is 76.2 Å². The lowest BCUT2D eigenvalue weighted by Gasteiger charge is -2.33. The number of rotatable bonds is 5. The first-order valence-electron chi connectivity index (χ1n) is 10.4. The second kappa shape index (κ2) is 11.0. The number of piperazine rings is 1. The number of halogens is 2. The first kappa shape index (κ1) is 26.4. The van der Waals surface area contributed by atoms with Crippen molar-refractivity contribution < 1.29 is 13.2 Å². The van der Waals surface area contributed by atoms with Gasteiger partial charge in [0.2, 0.25) is 16.0 Å². The van der Waals surface area contributed by atoms with Crippen molar-refractivity contribution in [3.63, 3.8) is 0 Å². The van der Waals surface area contributed by atoms with E-state index >= 15 is 0 Å². The minimum absolute atomic E-state index is 0. The van der Waals surface area contributed by atoms with Gasteiger partial charge in [0.1, 0.15) is 5.82 Å². The fourth-order valence-electron chi connectivity index (χ4n) is 3.57. The van der Waals surface area contributed by atoms with Gasteiger partial charge >= 0.3 is 0 Å². The van der Waals surface area contributed by atoms with Crippen LogP contribution >= 0.6 is 24.0 Å². The van der Waals surface area contributed by atoms with Crippen molar-refractivity contribution in [2.75, 3.05) is 37.6 Å². The molecule has 2 heterocycles. The van der Waals surface area contributed by atoms with Gasteiger partial charge in [0, 0.05) is 53.8 Å². The molecule has 184 valence electrons. The minimum atomic E-state index is -3.60. The molecule has 1 amide bonds. The quantitative estimate of drug-likeness (QED) is 0.512. The topological polar surface area (TPSA) is 136 Å². The van der Waals surface area contributed by atoms with E-state index in [2.05, 4.69) is 9.97 Å². The molecule has 2 aromatic carbocycles. The van der Waals surface area contributed by atoms with Crippen LogP contribution in [0.5, 0.6) is 0 Å². The highest BCUT2D eigenvalue weighted by Gasteiger charge is 2.27. The van der Waals surface area contributed by atoms with Crippen LogP contribution in [0.25, 0.3) is 17.3 Å². The lowest BCUT2D eigenvalue weighted by molar-refractivity contribution is 0.0698. The average Bonchev–Trinajstić information content (AvgIpc) is 2.83. The van der Waals surface area contributed by atoms with E-state index in [4.69, 9.17) is 23.1 Å². The lowest BCUT2D eigenvalue weighted by Crippen LogP contribution is -2.50. The van der Waals surface area contributed by atoms with Gasteiger partial charge in [-0.3, -0.25) is 4.79 Å². The molecule has 0 atom stereocenters. The zero-order chi connectivity index (χ0) is 24.3. The second-order valence-electron chi connectivity index (χ2n) is 7.70. The third-order valence-corrected chi connectivity index (χ3v) is 7.20. The molecule has 9 nitrogen and oxygen atoms in total. The number of anilines is 2. The molecule has 1 aliphatic rings. The molecule has 1 fully saturated rings. The van der Waals surface area contributed by atoms with Crippen LogP contribution in [0, 0.1) is 0 Å². The Morgan fingerprint density at radius 3 is 2.17 bits per heavy atom. The van der Waals surface area contributed by atoms with Crippen LogP contribution in [-0.4, -0.2) is 59.7 Å². The molecular weight excluding hydrogens is 511 g/mol. The van der Waals surface area contributed by atoms with Crippen molar-refractivity contribution in [1.29, 1.82) is 0 Å². The highest BCUT2D eigenvalue weighted by molar-refractivity contribution is 7.92. The number of nitrogens with zero attached hydrogens (tertiary/aromatic N) is 4. The lowest BCUT2D eigenvalue weighted by atomic mass is 10.1. The van der Waals surface area contributed by atoms with E-state index < -0.39 is 10.0 Å². The van der Waals surface area contributed by atoms with Crippen molar-refractivity contribution in [2.45, 2.75) is 0 Å². The van der Waals surface area contributed by atoms with E-state index in [-0.39, 0.29) is 43.2 Å². The molecule has 1 saturated heterocycles. The van der Waals surface area contributed by atoms with E-state index in [0.29, 0.717) is 29.4 Å². The molecular formula is C23H24Cl2N6O3S. The van der Waals surface area contributed by atoms with E-state index in [1.165, 1.54) is 15.8 Å². The molecule has 1 aliphatic heterocycles. The number of nitrogens with two attached hydrogens (primary N) is 2. The standard InChI is InChI=1S/C23H23ClN6O3S.ClH/c24-19-7-1-16(2-8-19)9-14-34(32,33)30-12-10-29(11-13-30)22(31)18-5-3-17(4-6-18)20-15-21(25)28-23(26)27-20;/h1-9,14-15H,10-13H2,(H4,25,26,27,28);1H/b14-9+;. The van der Waals surface area contributed by atoms with Crippen LogP contribution in [0.15, 0.2) is 60.0 Å². The number of aromatic nitrogens is 2. The molecule has 12 heteroatoms. The van der Waals surface area contributed by atoms with Gasteiger partial charge in [0.25, 0.3) is 5.91 Å². The Morgan fingerprint density at radius 1 is 0.943 bits per heavy atom. The molecule has 0 aliphatic carbocycles. The van der Waals surface area contributed by atoms with Crippen LogP contribution in [0.3, 0.4) is 0 Å². The summed E-state index contributed by atoms with van der Waals surface area (Å²) >= 11 is 5.86. The molecule has 3 aromatic rings. The molecule has 35 heavy (non-hydrogen) atoms. The zero-order valence-corrected chi connectivity index (χ0v) is 20.9. The summed E-state index contributed by atoms with van der Waals surface area (Å²) in [7, 11) is -3.60. The van der Waals surface area contributed by atoms with Crippen molar-refractivity contribution in [3.8, 4) is 11.3 Å². The van der Waals surface area contributed by atoms with Crippen molar-refractivity contribution in [1.82, 2.24) is 19.2 Å². The largest absolute Gasteiger partial charge is 0.384 e. The Kier molecular flexibility index (Phi) is 8.34. The predicted molar refractivity (Wildman–Crippen MR) is 140 cm³/mol. The number of amides is 1.